The lowest BCUT2D eigenvalue weighted by atomic mass is 10.0. The summed E-state index contributed by atoms with van der Waals surface area (Å²) in [5, 5.41) is 20.8. The predicted octanol–water partition coefficient (Wildman–Crippen LogP) is 31.0. The second-order valence-electron chi connectivity index (χ2n) is 32.8. The Balaban J connectivity index is 4.53. The third kappa shape index (κ3) is 97.4. The predicted molar refractivity (Wildman–Crippen MR) is 519 cm³/mol. The van der Waals surface area contributed by atoms with Crippen molar-refractivity contribution < 1.29 is 75.8 Å². The van der Waals surface area contributed by atoms with E-state index in [0.717, 1.165) is 161 Å². The number of unbranched alkanes of at least 4 members (excludes halogenated alkanes) is 42. The summed E-state index contributed by atoms with van der Waals surface area (Å²) in [4.78, 5) is 59.1. The van der Waals surface area contributed by atoms with E-state index in [4.69, 9.17) is 32.3 Å². The first-order valence-electron chi connectivity index (χ1n) is 49.4. The minimum Gasteiger partial charge on any atom is -0.463 e. The molecule has 0 amide bonds. The van der Waals surface area contributed by atoms with Crippen molar-refractivity contribution in [1.82, 2.24) is 0 Å². The van der Waals surface area contributed by atoms with Crippen LogP contribution in [0.25, 0.3) is 0 Å². The number of aliphatic hydroxyl groups is 2. The van der Waals surface area contributed by atoms with E-state index in [9.17, 15) is 43.5 Å². The second-order valence-corrected chi connectivity index (χ2v) is 35.7. The minimum absolute atomic E-state index is 0.0791. The van der Waals surface area contributed by atoms with Crippen molar-refractivity contribution in [2.75, 3.05) is 39.6 Å². The van der Waals surface area contributed by atoms with Crippen LogP contribution in [0, 0.1) is 0 Å². The number of rotatable bonds is 93. The zero-order chi connectivity index (χ0) is 89.3. The second kappa shape index (κ2) is 96.0. The van der Waals surface area contributed by atoms with Crippen LogP contribution in [0.5, 0.6) is 0 Å². The van der Waals surface area contributed by atoms with Crippen molar-refractivity contribution in [3.63, 3.8) is 0 Å². The third-order valence-electron chi connectivity index (χ3n) is 20.9. The highest BCUT2D eigenvalue weighted by Gasteiger charge is 2.30. The van der Waals surface area contributed by atoms with Crippen molar-refractivity contribution in [3.8, 4) is 0 Å². The number of allylic oxidation sites excluding steroid dienone is 28. The lowest BCUT2D eigenvalue weighted by Gasteiger charge is -2.21. The number of phosphoric ester groups is 2. The fourth-order valence-corrected chi connectivity index (χ4v) is 15.1. The molecule has 0 aliphatic carbocycles. The Bertz CT molecular complexity index is 2920. The molecule has 0 bridgehead atoms. The Morgan fingerprint density at radius 1 is 0.236 bits per heavy atom. The molecular weight excluding hydrogens is 1580 g/mol. The Hall–Kier alpha value is -5.09. The van der Waals surface area contributed by atoms with Gasteiger partial charge >= 0.3 is 33.6 Å². The Kier molecular flexibility index (Phi) is 92.0. The van der Waals surface area contributed by atoms with Gasteiger partial charge in [-0.05, 0) is 154 Å². The Labute approximate surface area is 752 Å². The summed E-state index contributed by atoms with van der Waals surface area (Å²) >= 11 is 0. The minimum atomic E-state index is -4.95. The average molecular weight is 1760 g/mol. The van der Waals surface area contributed by atoms with Crippen LogP contribution < -0.4 is 0 Å². The molecule has 0 spiro atoms. The number of carbonyl (C=O) groups is 3. The van der Waals surface area contributed by atoms with Crippen LogP contribution in [0.2, 0.25) is 0 Å². The number of carbonyl (C=O) groups excluding carboxylic acids is 3. The topological polar surface area (TPSA) is 231 Å². The molecule has 0 fully saturated rings. The molecule has 0 aromatic heterocycles. The van der Waals surface area contributed by atoms with Gasteiger partial charge in [0.05, 0.1) is 26.4 Å². The highest BCUT2D eigenvalue weighted by Crippen LogP contribution is 2.45. The molecule has 0 aromatic rings. The summed E-state index contributed by atoms with van der Waals surface area (Å²) in [6, 6.07) is 0. The zero-order valence-electron chi connectivity index (χ0n) is 78.1. The van der Waals surface area contributed by atoms with E-state index in [1.54, 1.807) is 0 Å². The summed E-state index contributed by atoms with van der Waals surface area (Å²) in [5.41, 5.74) is 0. The standard InChI is InChI=1S/C105H180O16P2/c1-4-7-10-13-16-19-22-25-28-31-34-37-39-41-43-45-47-48-49-50-52-54-55-57-59-62-64-67-70-73-76-79-82-85-88-91-103(108)115-94-100(106)95-117-122(111,112)118-96-101(107)97-119-123(113,114)120-99-102(121-105(110)93-90-87-84-81-78-75-72-69-66-61-36-33-30-27-24-21-18-15-12-9-6-3)98-116-104(109)92-89-86-83-80-77-74-71-68-65-63-60-58-56-53-51-46-44-42-40-38-35-32-29-26-23-20-17-14-11-8-5-2/h8-9,11-12,16-21,25-30,34-38,41-44,61,69,72,100-102,106-107H,4-7,10,13-15,22-24,31-33,39-40,45-60,62-68,70-71,73-99H2,1-3H3,(H,111,112)(H,113,114)/b11-8-,12-9-,19-16-,20-17-,21-18-,28-25-,29-26-,30-27-,37-34-,38-35-,43-41-,44-42-,61-36-,72-69-. The van der Waals surface area contributed by atoms with E-state index in [1.807, 2.05) is 0 Å². The molecule has 0 saturated heterocycles. The van der Waals surface area contributed by atoms with Crippen molar-refractivity contribution in [3.05, 3.63) is 170 Å². The highest BCUT2D eigenvalue weighted by atomic mass is 31.2. The first kappa shape index (κ1) is 118. The number of hydrogen-bond acceptors (Lipinski definition) is 14. The number of esters is 3. The Morgan fingerprint density at radius 3 is 0.683 bits per heavy atom. The van der Waals surface area contributed by atoms with Gasteiger partial charge in [-0.2, -0.15) is 0 Å². The van der Waals surface area contributed by atoms with Gasteiger partial charge in [0, 0.05) is 19.3 Å². The molecule has 706 valence electrons. The van der Waals surface area contributed by atoms with Crippen LogP contribution in [0.4, 0.5) is 0 Å². The molecular formula is C105H180O16P2. The first-order chi connectivity index (χ1) is 60.2. The van der Waals surface area contributed by atoms with Crippen molar-refractivity contribution >= 4 is 33.6 Å². The lowest BCUT2D eigenvalue weighted by Crippen LogP contribution is -2.30. The molecule has 0 heterocycles. The monoisotopic (exact) mass is 1760 g/mol. The summed E-state index contributed by atoms with van der Waals surface area (Å²) in [6.45, 7) is 2.46. The largest absolute Gasteiger partial charge is 0.472 e. The van der Waals surface area contributed by atoms with Gasteiger partial charge in [-0.25, -0.2) is 9.13 Å². The van der Waals surface area contributed by atoms with Gasteiger partial charge in [0.1, 0.15) is 25.4 Å². The van der Waals surface area contributed by atoms with Crippen LogP contribution in [0.15, 0.2) is 170 Å². The molecule has 0 aromatic carbocycles. The lowest BCUT2D eigenvalue weighted by molar-refractivity contribution is -0.161. The van der Waals surface area contributed by atoms with Crippen LogP contribution >= 0.6 is 15.6 Å². The van der Waals surface area contributed by atoms with E-state index in [-0.39, 0.29) is 19.3 Å². The van der Waals surface area contributed by atoms with Gasteiger partial charge in [-0.15, -0.1) is 0 Å². The normalized spacial score (nSPS) is 14.4. The van der Waals surface area contributed by atoms with Gasteiger partial charge in [-0.1, -0.05) is 416 Å². The van der Waals surface area contributed by atoms with Gasteiger partial charge in [0.25, 0.3) is 0 Å². The average Bonchev–Trinajstić information content (AvgIpc) is 0.892. The van der Waals surface area contributed by atoms with Crippen LogP contribution in [0.3, 0.4) is 0 Å². The number of phosphoric acid groups is 2. The van der Waals surface area contributed by atoms with E-state index in [0.29, 0.717) is 19.3 Å². The SMILES string of the molecule is CC/C=C\C/C=C\C/C=C\C/C=C\C/C=C\CCCCCCCCCCCCCCCCCC(=O)OCC(COP(=O)(O)OCC(O)COP(=O)(O)OCC(O)COC(=O)CCCCCCCCCCCCCCCCCCCCC/C=C\C/C=C\C/C=C\C/C=C\CCCCC)OC(=O)CCCCCCC/C=C\C/C=C\C/C=C\C/C=C\C/C=C\CC. The zero-order valence-corrected chi connectivity index (χ0v) is 79.9. The van der Waals surface area contributed by atoms with E-state index >= 15 is 0 Å². The van der Waals surface area contributed by atoms with E-state index in [1.165, 1.54) is 199 Å². The molecule has 0 saturated carbocycles. The van der Waals surface area contributed by atoms with Crippen LogP contribution in [-0.4, -0.2) is 95.9 Å². The summed E-state index contributed by atoms with van der Waals surface area (Å²) in [7, 11) is -9.82. The summed E-state index contributed by atoms with van der Waals surface area (Å²) < 4.78 is 61.6. The number of aliphatic hydroxyl groups excluding tert-OH is 2. The maximum atomic E-state index is 13.1. The molecule has 0 rings (SSSR count). The Morgan fingerprint density at radius 2 is 0.431 bits per heavy atom. The van der Waals surface area contributed by atoms with Gasteiger partial charge in [0.2, 0.25) is 0 Å². The highest BCUT2D eigenvalue weighted by molar-refractivity contribution is 7.47. The summed E-state index contributed by atoms with van der Waals surface area (Å²) in [6.07, 6.45) is 126. The van der Waals surface area contributed by atoms with Crippen molar-refractivity contribution in [1.29, 1.82) is 0 Å². The molecule has 0 radical (unpaired) electrons. The molecule has 4 N–H and O–H groups in total. The van der Waals surface area contributed by atoms with E-state index in [2.05, 4.69) is 191 Å². The number of ether oxygens (including phenoxy) is 3. The van der Waals surface area contributed by atoms with Gasteiger partial charge in [-0.3, -0.25) is 32.5 Å². The molecule has 18 heteroatoms. The molecule has 0 aliphatic heterocycles. The fraction of sp³-hybridized carbons (Fsp3) is 0.705. The molecule has 123 heavy (non-hydrogen) atoms. The number of hydrogen-bond donors (Lipinski definition) is 4. The molecule has 16 nitrogen and oxygen atoms in total. The smallest absolute Gasteiger partial charge is 0.463 e. The van der Waals surface area contributed by atoms with Gasteiger partial charge < -0.3 is 34.2 Å². The van der Waals surface area contributed by atoms with Crippen molar-refractivity contribution in [2.45, 2.75) is 437 Å². The summed E-state index contributed by atoms with van der Waals surface area (Å²) in [5.74, 6) is -1.58. The van der Waals surface area contributed by atoms with Crippen LogP contribution in [0.1, 0.15) is 419 Å². The van der Waals surface area contributed by atoms with E-state index < -0.39 is 91.5 Å². The van der Waals surface area contributed by atoms with Gasteiger partial charge in [0.15, 0.2) is 6.10 Å². The maximum Gasteiger partial charge on any atom is 0.472 e. The maximum absolute atomic E-state index is 13.1. The molecule has 5 unspecified atom stereocenters. The fourth-order valence-electron chi connectivity index (χ4n) is 13.5. The third-order valence-corrected chi connectivity index (χ3v) is 22.8. The molecule has 0 aliphatic rings. The molecule has 5 atom stereocenters. The first-order valence-corrected chi connectivity index (χ1v) is 52.4. The van der Waals surface area contributed by atoms with Crippen LogP contribution in [-0.2, 0) is 55.8 Å². The quantitative estimate of drug-likeness (QED) is 0.0146. The van der Waals surface area contributed by atoms with Crippen molar-refractivity contribution in [2.24, 2.45) is 0 Å².